The molecule has 1 saturated heterocycles. The van der Waals surface area contributed by atoms with Gasteiger partial charge in [-0.2, -0.15) is 0 Å². The third-order valence-corrected chi connectivity index (χ3v) is 6.95. The normalized spacial score (nSPS) is 37.5. The summed E-state index contributed by atoms with van der Waals surface area (Å²) in [7, 11) is -4.50. The number of hydrogen-bond acceptors (Lipinski definition) is 4. The van der Waals surface area contributed by atoms with E-state index in [9.17, 15) is 4.57 Å². The second kappa shape index (κ2) is 7.42. The number of para-hydroxylation sites is 1. The number of rotatable bonds is 3. The first-order chi connectivity index (χ1) is 12.4. The molecule has 0 spiro atoms. The zero-order chi connectivity index (χ0) is 18.3. The van der Waals surface area contributed by atoms with E-state index in [1.165, 1.54) is 37.8 Å². The highest BCUT2D eigenvalue weighted by Gasteiger charge is 2.52. The summed E-state index contributed by atoms with van der Waals surface area (Å²) in [5.41, 5.74) is 0. The van der Waals surface area contributed by atoms with Gasteiger partial charge >= 0.3 is 7.82 Å². The predicted octanol–water partition coefficient (Wildman–Crippen LogP) is 4.20. The highest BCUT2D eigenvalue weighted by Crippen LogP contribution is 2.58. The minimum Gasteiger partial charge on any atom is -0.403 e. The highest BCUT2D eigenvalue weighted by molar-refractivity contribution is 7.46. The lowest BCUT2D eigenvalue weighted by Crippen LogP contribution is -2.53. The third kappa shape index (κ3) is 4.11. The fraction of sp³-hybridized carbons (Fsp3) is 0.667. The molecule has 6 rings (SSSR count). The van der Waals surface area contributed by atoms with E-state index in [4.69, 9.17) is 31.2 Å². The van der Waals surface area contributed by atoms with Crippen LogP contribution in [0.5, 0.6) is 5.75 Å². The van der Waals surface area contributed by atoms with Crippen LogP contribution < -0.4 is 4.52 Å². The molecular weight excluding hydrogens is 379 g/mol. The number of benzene rings is 1. The Kier molecular flexibility index (Phi) is 5.35. The van der Waals surface area contributed by atoms with Gasteiger partial charge in [0.25, 0.3) is 0 Å². The first kappa shape index (κ1) is 18.7. The van der Waals surface area contributed by atoms with Crippen molar-refractivity contribution in [3.8, 4) is 5.75 Å². The summed E-state index contributed by atoms with van der Waals surface area (Å²) >= 11 is 5.56. The van der Waals surface area contributed by atoms with Gasteiger partial charge in [-0.1, -0.05) is 23.7 Å². The summed E-state index contributed by atoms with van der Waals surface area (Å²) in [6, 6.07) is 6.06. The lowest BCUT2D eigenvalue weighted by Gasteiger charge is -2.56. The monoisotopic (exact) mass is 402 g/mol. The van der Waals surface area contributed by atoms with E-state index in [-0.39, 0.29) is 10.8 Å². The molecule has 1 atom stereocenters. The van der Waals surface area contributed by atoms with E-state index in [2.05, 4.69) is 4.52 Å². The molecule has 6 nitrogen and oxygen atoms in total. The quantitative estimate of drug-likeness (QED) is 0.582. The van der Waals surface area contributed by atoms with Crippen LogP contribution in [0.15, 0.2) is 24.3 Å². The van der Waals surface area contributed by atoms with Gasteiger partial charge < -0.3 is 4.52 Å². The Morgan fingerprint density at radius 3 is 2.08 bits per heavy atom. The summed E-state index contributed by atoms with van der Waals surface area (Å²) in [5, 5.41) is 0.167. The van der Waals surface area contributed by atoms with Gasteiger partial charge in [-0.3, -0.25) is 9.79 Å². The summed E-state index contributed by atoms with van der Waals surface area (Å²) in [6.45, 7) is 0.868. The average molecular weight is 403 g/mol. The molecule has 1 unspecified atom stereocenters. The smallest absolute Gasteiger partial charge is 0.403 e. The molecule has 26 heavy (non-hydrogen) atoms. The van der Waals surface area contributed by atoms with Crippen LogP contribution in [-0.4, -0.2) is 22.5 Å². The molecule has 4 saturated carbocycles. The predicted molar refractivity (Wildman–Crippen MR) is 95.5 cm³/mol. The maximum atomic E-state index is 10.4. The maximum Gasteiger partial charge on any atom is 0.524 e. The molecule has 5 fully saturated rings. The summed E-state index contributed by atoms with van der Waals surface area (Å²) in [6.07, 6.45) is 8.00. The van der Waals surface area contributed by atoms with Crippen molar-refractivity contribution in [2.45, 2.75) is 38.2 Å². The van der Waals surface area contributed by atoms with Crippen molar-refractivity contribution in [2.24, 2.45) is 29.6 Å². The third-order valence-electron chi connectivity index (χ3n) is 6.21. The molecule has 1 heterocycles. The van der Waals surface area contributed by atoms with Crippen LogP contribution in [0, 0.1) is 29.6 Å². The van der Waals surface area contributed by atoms with Gasteiger partial charge in [0, 0.05) is 0 Å². The molecule has 0 radical (unpaired) electrons. The summed E-state index contributed by atoms with van der Waals surface area (Å²) in [4.78, 5) is 27.0. The molecule has 0 aromatic heterocycles. The average Bonchev–Trinajstić information content (AvgIpc) is 2.50. The van der Waals surface area contributed by atoms with Crippen molar-refractivity contribution in [3.05, 3.63) is 29.3 Å². The lowest BCUT2D eigenvalue weighted by molar-refractivity contribution is -0.443. The van der Waals surface area contributed by atoms with Gasteiger partial charge in [0.2, 0.25) is 0 Å². The zero-order valence-corrected chi connectivity index (χ0v) is 16.0. The first-order valence-electron chi connectivity index (χ1n) is 9.17. The Morgan fingerprint density at radius 2 is 1.62 bits per heavy atom. The minimum atomic E-state index is -4.50. The Labute approximate surface area is 158 Å². The van der Waals surface area contributed by atoms with Gasteiger partial charge in [0.05, 0.1) is 5.02 Å². The topological polar surface area (TPSA) is 85.2 Å². The Bertz CT molecular complexity index is 660. The number of halogens is 1. The summed E-state index contributed by atoms with van der Waals surface area (Å²) < 4.78 is 14.6. The molecule has 1 aromatic rings. The van der Waals surface area contributed by atoms with Crippen LogP contribution in [0.4, 0.5) is 0 Å². The van der Waals surface area contributed by atoms with Crippen LogP contribution in [0.2, 0.25) is 5.02 Å². The largest absolute Gasteiger partial charge is 0.524 e. The summed E-state index contributed by atoms with van der Waals surface area (Å²) in [5.74, 6) is 4.97. The van der Waals surface area contributed by atoms with Crippen molar-refractivity contribution in [3.63, 3.8) is 0 Å². The van der Waals surface area contributed by atoms with Crippen LogP contribution in [0.25, 0.3) is 0 Å². The molecule has 8 heteroatoms. The Morgan fingerprint density at radius 1 is 1.04 bits per heavy atom. The van der Waals surface area contributed by atoms with Crippen molar-refractivity contribution < 1.29 is 28.7 Å². The Balaban J connectivity index is 0.000000132. The van der Waals surface area contributed by atoms with Crippen LogP contribution in [0.1, 0.15) is 32.1 Å². The highest BCUT2D eigenvalue weighted by atomic mass is 35.5. The van der Waals surface area contributed by atoms with Crippen LogP contribution in [-0.2, 0) is 14.3 Å². The van der Waals surface area contributed by atoms with Gasteiger partial charge in [0.15, 0.2) is 0 Å². The number of phosphoric acid groups is 1. The number of hydrogen-bond donors (Lipinski definition) is 2. The SMILES string of the molecule is C1C2CC3CC1CC(C2)C3C1COO1.O=P(O)(O)Oc1ccccc1Cl. The van der Waals surface area contributed by atoms with E-state index in [1.54, 1.807) is 18.6 Å². The molecule has 2 N–H and O–H groups in total. The van der Waals surface area contributed by atoms with E-state index < -0.39 is 7.82 Å². The molecule has 4 bridgehead atoms. The Hall–Kier alpha value is -0.620. The van der Waals surface area contributed by atoms with E-state index in [1.807, 2.05) is 0 Å². The van der Waals surface area contributed by atoms with Crippen molar-refractivity contribution in [1.82, 2.24) is 0 Å². The second-order valence-corrected chi connectivity index (χ2v) is 9.51. The number of phosphoric ester groups is 1. The fourth-order valence-electron chi connectivity index (χ4n) is 5.54. The molecule has 5 aliphatic rings. The molecule has 0 amide bonds. The maximum absolute atomic E-state index is 10.4. The van der Waals surface area contributed by atoms with Gasteiger partial charge in [-0.25, -0.2) is 14.3 Å². The van der Waals surface area contributed by atoms with Crippen molar-refractivity contribution in [2.75, 3.05) is 6.61 Å². The van der Waals surface area contributed by atoms with Crippen LogP contribution in [0.3, 0.4) is 0 Å². The van der Waals surface area contributed by atoms with Gasteiger partial charge in [-0.15, -0.1) is 0 Å². The van der Waals surface area contributed by atoms with E-state index in [0.29, 0.717) is 6.10 Å². The molecule has 1 aromatic carbocycles. The second-order valence-electron chi connectivity index (χ2n) is 7.94. The molecule has 4 aliphatic carbocycles. The standard InChI is InChI=1S/C12H18O2.C6H6ClO4P/c1-7-2-9-4-8(1)5-10(3-7)12(9)11-6-13-14-11;7-5-3-1-2-4-6(5)11-12(8,9)10/h7-12H,1-6H2;1-4H,(H2,8,9,10). The van der Waals surface area contributed by atoms with Crippen LogP contribution >= 0.6 is 19.4 Å². The van der Waals surface area contributed by atoms with E-state index >= 15 is 0 Å². The van der Waals surface area contributed by atoms with Gasteiger partial charge in [0.1, 0.15) is 18.5 Å². The fourth-order valence-corrected chi connectivity index (χ4v) is 6.19. The minimum absolute atomic E-state index is 0.0208. The molecule has 144 valence electrons. The zero-order valence-electron chi connectivity index (χ0n) is 14.4. The van der Waals surface area contributed by atoms with Crippen molar-refractivity contribution >= 4 is 19.4 Å². The van der Waals surface area contributed by atoms with Gasteiger partial charge in [-0.05, 0) is 73.8 Å². The molecule has 1 aliphatic heterocycles. The first-order valence-corrected chi connectivity index (χ1v) is 11.1. The van der Waals surface area contributed by atoms with E-state index in [0.717, 1.165) is 36.2 Å². The molecular formula is C18H24ClO6P. The lowest BCUT2D eigenvalue weighted by atomic mass is 9.51. The van der Waals surface area contributed by atoms with Crippen molar-refractivity contribution in [1.29, 1.82) is 0 Å².